The largest absolute Gasteiger partial charge is 0.365 e. The van der Waals surface area contributed by atoms with E-state index in [4.69, 9.17) is 0 Å². The summed E-state index contributed by atoms with van der Waals surface area (Å²) in [6, 6.07) is 15.8. The fourth-order valence-corrected chi connectivity index (χ4v) is 4.23. The highest BCUT2D eigenvalue weighted by atomic mass is 32.2. The Morgan fingerprint density at radius 1 is 1.21 bits per heavy atom. The highest BCUT2D eigenvalue weighted by Gasteiger charge is 2.20. The maximum absolute atomic E-state index is 12.3. The second-order valence-electron chi connectivity index (χ2n) is 6.12. The summed E-state index contributed by atoms with van der Waals surface area (Å²) in [5.74, 6) is 0. The first-order chi connectivity index (χ1) is 11.7. The Morgan fingerprint density at radius 2 is 2.04 bits per heavy atom. The van der Waals surface area contributed by atoms with Crippen molar-refractivity contribution in [3.05, 3.63) is 70.8 Å². The van der Waals surface area contributed by atoms with Crippen LogP contribution in [0.3, 0.4) is 0 Å². The third-order valence-electron chi connectivity index (χ3n) is 4.32. The number of fused-ring (bicyclic) bond motifs is 2. The number of para-hydroxylation sites is 1. The van der Waals surface area contributed by atoms with Crippen LogP contribution in [0.15, 0.2) is 64.4 Å². The molecule has 0 aliphatic carbocycles. The van der Waals surface area contributed by atoms with E-state index in [1.54, 1.807) is 16.7 Å². The van der Waals surface area contributed by atoms with Crippen LogP contribution in [0.4, 0.5) is 5.69 Å². The molecule has 4 nitrogen and oxygen atoms in total. The highest BCUT2D eigenvalue weighted by Crippen LogP contribution is 2.37. The van der Waals surface area contributed by atoms with Crippen LogP contribution < -0.4 is 10.5 Å². The van der Waals surface area contributed by atoms with Gasteiger partial charge in [0.15, 0.2) is 0 Å². The molecule has 4 rings (SSSR count). The minimum absolute atomic E-state index is 0.0264. The molecule has 0 N–H and O–H groups in total. The van der Waals surface area contributed by atoms with Crippen molar-refractivity contribution in [3.63, 3.8) is 0 Å². The smallest absolute Gasteiger partial charge is 0.258 e. The normalized spacial score (nSPS) is 17.5. The van der Waals surface area contributed by atoms with Gasteiger partial charge < -0.3 is 4.90 Å². The van der Waals surface area contributed by atoms with Gasteiger partial charge in [0.05, 0.1) is 17.9 Å². The average molecular weight is 337 g/mol. The summed E-state index contributed by atoms with van der Waals surface area (Å²) in [6.07, 6.45) is 2.87. The Morgan fingerprint density at radius 3 is 2.96 bits per heavy atom. The Balaban J connectivity index is 1.71. The lowest BCUT2D eigenvalue weighted by Crippen LogP contribution is -2.26. The van der Waals surface area contributed by atoms with Crippen LogP contribution in [0.5, 0.6) is 0 Å². The van der Waals surface area contributed by atoms with E-state index in [-0.39, 0.29) is 5.56 Å². The van der Waals surface area contributed by atoms with Gasteiger partial charge in [-0.25, -0.2) is 4.98 Å². The van der Waals surface area contributed by atoms with Gasteiger partial charge in [-0.05, 0) is 30.7 Å². The first kappa shape index (κ1) is 15.3. The summed E-state index contributed by atoms with van der Waals surface area (Å²) >= 11 is 1.92. The molecule has 0 saturated heterocycles. The molecular formula is C19H19N3OS. The first-order valence-corrected chi connectivity index (χ1v) is 9.06. The number of anilines is 1. The van der Waals surface area contributed by atoms with E-state index in [1.165, 1.54) is 10.6 Å². The van der Waals surface area contributed by atoms with E-state index in [0.29, 0.717) is 17.4 Å². The van der Waals surface area contributed by atoms with Gasteiger partial charge in [-0.2, -0.15) is 0 Å². The average Bonchev–Trinajstić information content (AvgIpc) is 2.74. The van der Waals surface area contributed by atoms with E-state index < -0.39 is 0 Å². The molecule has 3 heterocycles. The molecule has 0 fully saturated rings. The fourth-order valence-electron chi connectivity index (χ4n) is 3.10. The molecule has 1 aromatic carbocycles. The lowest BCUT2D eigenvalue weighted by Gasteiger charge is -2.24. The number of thioether (sulfide) groups is 1. The predicted octanol–water partition coefficient (Wildman–Crippen LogP) is 3.59. The second-order valence-corrected chi connectivity index (χ2v) is 7.60. The topological polar surface area (TPSA) is 37.6 Å². The third-order valence-corrected chi connectivity index (χ3v) is 5.55. The Kier molecular flexibility index (Phi) is 4.02. The molecule has 5 heteroatoms. The van der Waals surface area contributed by atoms with Crippen LogP contribution >= 0.6 is 11.8 Å². The van der Waals surface area contributed by atoms with Crippen LogP contribution in [-0.2, 0) is 6.54 Å². The summed E-state index contributed by atoms with van der Waals surface area (Å²) in [4.78, 5) is 20.6. The number of rotatable bonds is 2. The van der Waals surface area contributed by atoms with Gasteiger partial charge in [-0.3, -0.25) is 9.20 Å². The third kappa shape index (κ3) is 2.91. The Hall–Kier alpha value is -2.27. The lowest BCUT2D eigenvalue weighted by atomic mass is 10.2. The quantitative estimate of drug-likeness (QED) is 0.716. The van der Waals surface area contributed by atoms with Crippen molar-refractivity contribution in [1.82, 2.24) is 9.38 Å². The number of nitrogens with zero attached hydrogens (tertiary/aromatic N) is 3. The highest BCUT2D eigenvalue weighted by molar-refractivity contribution is 8.00. The lowest BCUT2D eigenvalue weighted by molar-refractivity contribution is 0.719. The van der Waals surface area contributed by atoms with Gasteiger partial charge in [0.2, 0.25) is 0 Å². The van der Waals surface area contributed by atoms with Crippen LogP contribution in [0.1, 0.15) is 19.0 Å². The van der Waals surface area contributed by atoms with E-state index in [0.717, 1.165) is 18.7 Å². The second kappa shape index (κ2) is 6.32. The standard InChI is InChI=1S/C19H19N3OS/c1-14-9-11-21(16-6-2-3-7-17(16)24-14)13-15-12-19(23)22-10-5-4-8-18(22)20-15/h2-8,10,12,14H,9,11,13H2,1H3. The van der Waals surface area contributed by atoms with Crippen LogP contribution in [0.2, 0.25) is 0 Å². The summed E-state index contributed by atoms with van der Waals surface area (Å²) in [5, 5.41) is 0.589. The van der Waals surface area contributed by atoms with Crippen LogP contribution in [0.25, 0.3) is 5.65 Å². The van der Waals surface area contributed by atoms with Crippen molar-refractivity contribution < 1.29 is 0 Å². The molecule has 1 aliphatic heterocycles. The molecule has 0 radical (unpaired) electrons. The molecule has 0 amide bonds. The van der Waals surface area contributed by atoms with Crippen molar-refractivity contribution in [3.8, 4) is 0 Å². The van der Waals surface area contributed by atoms with E-state index in [9.17, 15) is 4.79 Å². The molecule has 3 aromatic rings. The van der Waals surface area contributed by atoms with Gasteiger partial charge in [0.25, 0.3) is 5.56 Å². The number of benzene rings is 1. The van der Waals surface area contributed by atoms with Gasteiger partial charge in [0.1, 0.15) is 5.65 Å². The molecule has 24 heavy (non-hydrogen) atoms. The molecule has 0 bridgehead atoms. The molecular weight excluding hydrogens is 318 g/mol. The molecule has 1 atom stereocenters. The minimum atomic E-state index is -0.0264. The van der Waals surface area contributed by atoms with E-state index >= 15 is 0 Å². The van der Waals surface area contributed by atoms with Crippen molar-refractivity contribution in [2.24, 2.45) is 0 Å². The zero-order valence-electron chi connectivity index (χ0n) is 13.6. The molecule has 1 unspecified atom stereocenters. The van der Waals surface area contributed by atoms with Gasteiger partial charge >= 0.3 is 0 Å². The van der Waals surface area contributed by atoms with Gasteiger partial charge in [-0.1, -0.05) is 25.1 Å². The monoisotopic (exact) mass is 337 g/mol. The van der Waals surface area contributed by atoms with Gasteiger partial charge in [0, 0.05) is 29.0 Å². The molecule has 0 saturated carbocycles. The number of hydrogen-bond acceptors (Lipinski definition) is 4. The van der Waals surface area contributed by atoms with Gasteiger partial charge in [-0.15, -0.1) is 11.8 Å². The molecule has 122 valence electrons. The number of hydrogen-bond donors (Lipinski definition) is 0. The SMILES string of the molecule is CC1CCN(Cc2cc(=O)n3ccccc3n2)c2ccccc2S1. The molecule has 1 aliphatic rings. The summed E-state index contributed by atoms with van der Waals surface area (Å²) < 4.78 is 1.58. The van der Waals surface area contributed by atoms with Crippen LogP contribution in [0, 0.1) is 0 Å². The Bertz CT molecular complexity index is 937. The fraction of sp³-hybridized carbons (Fsp3) is 0.263. The molecule has 2 aromatic heterocycles. The molecule has 0 spiro atoms. The van der Waals surface area contributed by atoms with E-state index in [1.807, 2.05) is 30.0 Å². The van der Waals surface area contributed by atoms with Crippen molar-refractivity contribution in [2.45, 2.75) is 30.0 Å². The van der Waals surface area contributed by atoms with E-state index in [2.05, 4.69) is 41.1 Å². The Labute approximate surface area is 145 Å². The first-order valence-electron chi connectivity index (χ1n) is 8.19. The maximum Gasteiger partial charge on any atom is 0.258 e. The van der Waals surface area contributed by atoms with Crippen molar-refractivity contribution in [1.29, 1.82) is 0 Å². The minimum Gasteiger partial charge on any atom is -0.365 e. The summed E-state index contributed by atoms with van der Waals surface area (Å²) in [5.41, 5.74) is 2.73. The van der Waals surface area contributed by atoms with Crippen LogP contribution in [-0.4, -0.2) is 21.2 Å². The predicted molar refractivity (Wildman–Crippen MR) is 98.9 cm³/mol. The van der Waals surface area contributed by atoms with Crippen molar-refractivity contribution in [2.75, 3.05) is 11.4 Å². The zero-order chi connectivity index (χ0) is 16.5. The van der Waals surface area contributed by atoms with Crippen molar-refractivity contribution >= 4 is 23.1 Å². The summed E-state index contributed by atoms with van der Waals surface area (Å²) in [6.45, 7) is 3.90. The number of pyridine rings is 1. The zero-order valence-corrected chi connectivity index (χ0v) is 14.4. The summed E-state index contributed by atoms with van der Waals surface area (Å²) in [7, 11) is 0. The number of aromatic nitrogens is 2. The maximum atomic E-state index is 12.3.